The Labute approximate surface area is 158 Å². The second-order valence-electron chi connectivity index (χ2n) is 5.61. The van der Waals surface area contributed by atoms with Crippen LogP contribution < -0.4 is 5.32 Å². The maximum absolute atomic E-state index is 12.4. The molecule has 1 heterocycles. The number of hydrogen-bond donors (Lipinski definition) is 1. The molecule has 0 saturated heterocycles. The monoisotopic (exact) mass is 416 g/mol. The lowest BCUT2D eigenvalue weighted by atomic mass is 10.2. The van der Waals surface area contributed by atoms with Crippen molar-refractivity contribution in [3.8, 4) is 0 Å². The molecule has 7 nitrogen and oxygen atoms in total. The molecule has 8 heteroatoms. The number of anilines is 1. The lowest BCUT2D eigenvalue weighted by molar-refractivity contribution is -0.116. The van der Waals surface area contributed by atoms with Crippen molar-refractivity contribution in [3.63, 3.8) is 0 Å². The first kappa shape index (κ1) is 18.1. The zero-order valence-electron chi connectivity index (χ0n) is 14.1. The summed E-state index contributed by atoms with van der Waals surface area (Å²) in [7, 11) is 0. The molecule has 0 aliphatic carbocycles. The maximum atomic E-state index is 12.4. The lowest BCUT2D eigenvalue weighted by Gasteiger charge is -2.11. The van der Waals surface area contributed by atoms with Crippen molar-refractivity contribution in [1.29, 1.82) is 0 Å². The summed E-state index contributed by atoms with van der Waals surface area (Å²) in [5.74, 6) is -0.790. The van der Waals surface area contributed by atoms with E-state index in [0.29, 0.717) is 23.4 Å². The molecule has 1 amide bonds. The van der Waals surface area contributed by atoms with Gasteiger partial charge in [0, 0.05) is 4.47 Å². The van der Waals surface area contributed by atoms with Crippen LogP contribution in [0.4, 0.5) is 5.69 Å². The van der Waals surface area contributed by atoms with E-state index in [1.165, 1.54) is 4.68 Å². The fourth-order valence-corrected chi connectivity index (χ4v) is 2.79. The number of rotatable bonds is 6. The number of nitrogens with one attached hydrogen (secondary N) is 1. The van der Waals surface area contributed by atoms with E-state index < -0.39 is 5.97 Å². The van der Waals surface area contributed by atoms with Gasteiger partial charge in [-0.15, -0.1) is 5.10 Å². The normalized spacial score (nSPS) is 10.7. The molecule has 1 aromatic heterocycles. The second-order valence-corrected chi connectivity index (χ2v) is 6.53. The number of carbonyl (C=O) groups excluding carboxylic acids is 2. The van der Waals surface area contributed by atoms with E-state index in [4.69, 9.17) is 4.74 Å². The standard InChI is InChI=1S/C18H17BrN4O3/c1-2-9-26-18(25)13-10-12(19)7-8-14(13)20-17(24)11-23-16-6-4-3-5-15(16)21-22-23/h3-8,10H,2,9,11H2,1H3,(H,20,24). The molecule has 0 spiro atoms. The van der Waals surface area contributed by atoms with Crippen molar-refractivity contribution in [1.82, 2.24) is 15.0 Å². The second kappa shape index (κ2) is 8.09. The van der Waals surface area contributed by atoms with Gasteiger partial charge in [-0.3, -0.25) is 4.79 Å². The summed E-state index contributed by atoms with van der Waals surface area (Å²) >= 11 is 3.33. The molecule has 0 unspecified atom stereocenters. The molecule has 3 rings (SSSR count). The molecular formula is C18H17BrN4O3. The highest BCUT2D eigenvalue weighted by Gasteiger charge is 2.16. The van der Waals surface area contributed by atoms with Crippen LogP contribution in [-0.2, 0) is 16.1 Å². The smallest absolute Gasteiger partial charge is 0.340 e. The third-order valence-corrected chi connectivity index (χ3v) is 4.12. The summed E-state index contributed by atoms with van der Waals surface area (Å²) in [4.78, 5) is 24.7. The number of carbonyl (C=O) groups is 2. The molecule has 3 aromatic rings. The number of aromatic nitrogens is 3. The third kappa shape index (κ3) is 4.08. The fourth-order valence-electron chi connectivity index (χ4n) is 2.43. The van der Waals surface area contributed by atoms with Crippen LogP contribution in [0, 0.1) is 0 Å². The minimum Gasteiger partial charge on any atom is -0.462 e. The molecule has 0 atom stereocenters. The van der Waals surface area contributed by atoms with Crippen LogP contribution in [0.3, 0.4) is 0 Å². The Kier molecular flexibility index (Phi) is 5.62. The average Bonchev–Trinajstić information content (AvgIpc) is 3.04. The molecular weight excluding hydrogens is 400 g/mol. The molecule has 0 bridgehead atoms. The lowest BCUT2D eigenvalue weighted by Crippen LogP contribution is -2.21. The summed E-state index contributed by atoms with van der Waals surface area (Å²) in [6, 6.07) is 12.4. The van der Waals surface area contributed by atoms with Crippen LogP contribution in [0.1, 0.15) is 23.7 Å². The summed E-state index contributed by atoms with van der Waals surface area (Å²) in [5.41, 5.74) is 2.17. The van der Waals surface area contributed by atoms with Gasteiger partial charge in [0.25, 0.3) is 0 Å². The van der Waals surface area contributed by atoms with Crippen molar-refractivity contribution in [2.45, 2.75) is 19.9 Å². The van der Waals surface area contributed by atoms with Gasteiger partial charge in [-0.1, -0.05) is 40.2 Å². The zero-order valence-corrected chi connectivity index (χ0v) is 15.7. The first-order chi connectivity index (χ1) is 12.6. The Morgan fingerprint density at radius 1 is 1.23 bits per heavy atom. The summed E-state index contributed by atoms with van der Waals surface area (Å²) in [6.45, 7) is 2.23. The maximum Gasteiger partial charge on any atom is 0.340 e. The molecule has 0 fully saturated rings. The van der Waals surface area contributed by atoms with Gasteiger partial charge in [0.1, 0.15) is 12.1 Å². The van der Waals surface area contributed by atoms with Gasteiger partial charge in [-0.25, -0.2) is 9.48 Å². The number of amides is 1. The van der Waals surface area contributed by atoms with Gasteiger partial charge in [0.2, 0.25) is 5.91 Å². The van der Waals surface area contributed by atoms with Gasteiger partial charge >= 0.3 is 5.97 Å². The van der Waals surface area contributed by atoms with Crippen LogP contribution in [0.15, 0.2) is 46.9 Å². The van der Waals surface area contributed by atoms with Crippen LogP contribution in [0.5, 0.6) is 0 Å². The highest BCUT2D eigenvalue weighted by atomic mass is 79.9. The van der Waals surface area contributed by atoms with Gasteiger partial charge in [0.15, 0.2) is 0 Å². The average molecular weight is 417 g/mol. The zero-order chi connectivity index (χ0) is 18.5. The van der Waals surface area contributed by atoms with Crippen LogP contribution in [0.25, 0.3) is 11.0 Å². The van der Waals surface area contributed by atoms with E-state index in [0.717, 1.165) is 16.4 Å². The number of fused-ring (bicyclic) bond motifs is 1. The Morgan fingerprint density at radius 3 is 2.85 bits per heavy atom. The summed E-state index contributed by atoms with van der Waals surface area (Å²) in [5, 5.41) is 10.8. The molecule has 0 aliphatic heterocycles. The van der Waals surface area contributed by atoms with Gasteiger partial charge in [-0.05, 0) is 36.8 Å². The number of ether oxygens (including phenoxy) is 1. The van der Waals surface area contributed by atoms with E-state index in [1.807, 2.05) is 31.2 Å². The number of hydrogen-bond acceptors (Lipinski definition) is 5. The van der Waals surface area contributed by atoms with Crippen LogP contribution in [0.2, 0.25) is 0 Å². The fraction of sp³-hybridized carbons (Fsp3) is 0.222. The number of halogens is 1. The van der Waals surface area contributed by atoms with E-state index in [-0.39, 0.29) is 12.5 Å². The van der Waals surface area contributed by atoms with E-state index >= 15 is 0 Å². The third-order valence-electron chi connectivity index (χ3n) is 3.63. The van der Waals surface area contributed by atoms with E-state index in [2.05, 4.69) is 31.6 Å². The van der Waals surface area contributed by atoms with Crippen molar-refractivity contribution in [2.75, 3.05) is 11.9 Å². The first-order valence-corrected chi connectivity index (χ1v) is 8.92. The Morgan fingerprint density at radius 2 is 2.04 bits per heavy atom. The van der Waals surface area contributed by atoms with Gasteiger partial charge in [-0.2, -0.15) is 0 Å². The highest BCUT2D eigenvalue weighted by Crippen LogP contribution is 2.22. The number of esters is 1. The topological polar surface area (TPSA) is 86.1 Å². The van der Waals surface area contributed by atoms with E-state index in [9.17, 15) is 9.59 Å². The van der Waals surface area contributed by atoms with Gasteiger partial charge in [0.05, 0.1) is 23.4 Å². The van der Waals surface area contributed by atoms with Crippen LogP contribution >= 0.6 is 15.9 Å². The van der Waals surface area contributed by atoms with Crippen molar-refractivity contribution < 1.29 is 14.3 Å². The van der Waals surface area contributed by atoms with Crippen molar-refractivity contribution >= 4 is 44.5 Å². The Hall–Kier alpha value is -2.74. The van der Waals surface area contributed by atoms with E-state index in [1.54, 1.807) is 18.2 Å². The minimum absolute atomic E-state index is 0.0139. The molecule has 0 saturated carbocycles. The van der Waals surface area contributed by atoms with Crippen LogP contribution in [-0.4, -0.2) is 33.5 Å². The predicted molar refractivity (Wildman–Crippen MR) is 101 cm³/mol. The SMILES string of the molecule is CCCOC(=O)c1cc(Br)ccc1NC(=O)Cn1nnc2ccccc21. The molecule has 26 heavy (non-hydrogen) atoms. The largest absolute Gasteiger partial charge is 0.462 e. The summed E-state index contributed by atoms with van der Waals surface area (Å²) in [6.07, 6.45) is 0.723. The minimum atomic E-state index is -0.477. The molecule has 0 aliphatic rings. The Bertz CT molecular complexity index is 955. The molecule has 0 radical (unpaired) electrons. The van der Waals surface area contributed by atoms with Gasteiger partial charge < -0.3 is 10.1 Å². The first-order valence-electron chi connectivity index (χ1n) is 8.13. The predicted octanol–water partition coefficient (Wildman–Crippen LogP) is 3.40. The summed E-state index contributed by atoms with van der Waals surface area (Å²) < 4.78 is 7.42. The quantitative estimate of drug-likeness (QED) is 0.622. The van der Waals surface area contributed by atoms with Crippen molar-refractivity contribution in [3.05, 3.63) is 52.5 Å². The highest BCUT2D eigenvalue weighted by molar-refractivity contribution is 9.10. The number of para-hydroxylation sites is 1. The molecule has 134 valence electrons. The Balaban J connectivity index is 1.77. The number of benzene rings is 2. The van der Waals surface area contributed by atoms with Crippen molar-refractivity contribution in [2.24, 2.45) is 0 Å². The molecule has 2 aromatic carbocycles. The number of nitrogens with zero attached hydrogens (tertiary/aromatic N) is 3. The molecule has 1 N–H and O–H groups in total.